The number of quaternary nitrogens is 1. The summed E-state index contributed by atoms with van der Waals surface area (Å²) in [6.07, 6.45) is 13.2. The Kier molecular flexibility index (Phi) is 5.11. The third kappa shape index (κ3) is 3.45. The number of nitrogens with zero attached hydrogens (tertiary/aromatic N) is 5. The Morgan fingerprint density at radius 3 is 2.79 bits per heavy atom. The molecule has 34 heavy (non-hydrogen) atoms. The predicted octanol–water partition coefficient (Wildman–Crippen LogP) is 5.76. The molecule has 0 spiro atoms. The number of hydrogen-bond donors (Lipinski definition) is 0. The number of fused-ring (bicyclic) bond motifs is 1. The Hall–Kier alpha value is -3.97. The number of aromatic nitrogens is 1. The molecule has 1 fully saturated rings. The molecule has 1 atom stereocenters. The van der Waals surface area contributed by atoms with Crippen molar-refractivity contribution in [2.75, 3.05) is 5.01 Å². The van der Waals surface area contributed by atoms with E-state index in [9.17, 15) is 0 Å². The van der Waals surface area contributed by atoms with Crippen LogP contribution in [-0.4, -0.2) is 28.3 Å². The Balaban J connectivity index is 1.29. The van der Waals surface area contributed by atoms with Crippen molar-refractivity contribution < 1.29 is 13.9 Å². The molecule has 1 aromatic heterocycles. The number of aryl methyl sites for hydroxylation is 1. The van der Waals surface area contributed by atoms with Gasteiger partial charge in [0, 0.05) is 11.6 Å². The molecule has 3 heterocycles. The van der Waals surface area contributed by atoms with Crippen molar-refractivity contribution in [3.05, 3.63) is 90.2 Å². The Bertz CT molecular complexity index is 1320. The van der Waals surface area contributed by atoms with Crippen LogP contribution in [0.1, 0.15) is 30.6 Å². The maximum Gasteiger partial charge on any atom is 0.225 e. The van der Waals surface area contributed by atoms with Crippen molar-refractivity contribution in [1.29, 1.82) is 0 Å². The average Bonchev–Trinajstić information content (AvgIpc) is 3.44. The summed E-state index contributed by atoms with van der Waals surface area (Å²) >= 11 is 0. The van der Waals surface area contributed by atoms with Gasteiger partial charge in [0.15, 0.2) is 6.20 Å². The highest BCUT2D eigenvalue weighted by atomic mass is 16.5. The largest absolute Gasteiger partial charge is 0.489 e. The number of anilines is 1. The van der Waals surface area contributed by atoms with Crippen LogP contribution in [0.3, 0.4) is 0 Å². The van der Waals surface area contributed by atoms with Crippen LogP contribution in [-0.2, 0) is 6.61 Å². The fourth-order valence-electron chi connectivity index (χ4n) is 4.69. The summed E-state index contributed by atoms with van der Waals surface area (Å²) in [4.78, 5) is 8.81. The van der Waals surface area contributed by atoms with Gasteiger partial charge in [0.05, 0.1) is 35.9 Å². The minimum absolute atomic E-state index is 0.381. The first-order chi connectivity index (χ1) is 16.7. The third-order valence-electron chi connectivity index (χ3n) is 6.72. The lowest BCUT2D eigenvalue weighted by molar-refractivity contribution is -0.746. The lowest BCUT2D eigenvalue weighted by atomic mass is 9.91. The van der Waals surface area contributed by atoms with Crippen LogP contribution in [0.15, 0.2) is 93.4 Å². The Morgan fingerprint density at radius 2 is 1.97 bits per heavy atom. The number of benzene rings is 2. The van der Waals surface area contributed by atoms with Gasteiger partial charge in [-0.2, -0.15) is 0 Å². The molecular weight excluding hydrogens is 426 g/mol. The molecule has 3 aromatic rings. The number of allylic oxidation sites excluding steroid dienone is 1. The number of hydrogen-bond acceptors (Lipinski definition) is 6. The number of rotatable bonds is 7. The van der Waals surface area contributed by atoms with Crippen LogP contribution in [0.4, 0.5) is 5.69 Å². The average molecular weight is 453 g/mol. The molecule has 7 nitrogen and oxygen atoms in total. The third-order valence-corrected chi connectivity index (χ3v) is 6.72. The summed E-state index contributed by atoms with van der Waals surface area (Å²) < 4.78 is 12.2. The lowest BCUT2D eigenvalue weighted by Gasteiger charge is -2.46. The zero-order valence-corrected chi connectivity index (χ0v) is 19.0. The van der Waals surface area contributed by atoms with Gasteiger partial charge in [0.2, 0.25) is 12.0 Å². The molecule has 0 saturated heterocycles. The van der Waals surface area contributed by atoms with E-state index in [1.165, 1.54) is 6.42 Å². The second-order valence-electron chi connectivity index (χ2n) is 8.78. The topological polar surface area (TPSA) is 63.2 Å². The molecule has 2 aromatic carbocycles. The van der Waals surface area contributed by atoms with E-state index in [1.807, 2.05) is 74.3 Å². The maximum atomic E-state index is 6.29. The first-order valence-corrected chi connectivity index (χ1v) is 11.6. The second kappa shape index (κ2) is 8.43. The smallest absolute Gasteiger partial charge is 0.225 e. The van der Waals surface area contributed by atoms with Crippen LogP contribution in [0.2, 0.25) is 0 Å². The van der Waals surface area contributed by atoms with E-state index < -0.39 is 0 Å². The summed E-state index contributed by atoms with van der Waals surface area (Å²) in [5.74, 6) is 1.57. The fraction of sp³-hybridized carbons (Fsp3) is 0.222. The van der Waals surface area contributed by atoms with Crippen LogP contribution < -0.4 is 9.75 Å². The number of aliphatic imine (C=N–C) groups is 2. The van der Waals surface area contributed by atoms with Gasteiger partial charge in [-0.1, -0.05) is 41.6 Å². The molecule has 1 aliphatic carbocycles. The molecule has 1 saturated carbocycles. The fourth-order valence-corrected chi connectivity index (χ4v) is 4.69. The summed E-state index contributed by atoms with van der Waals surface area (Å²) in [5, 5.41) is 6.69. The van der Waals surface area contributed by atoms with E-state index in [0.29, 0.717) is 17.2 Å². The quantitative estimate of drug-likeness (QED) is 0.428. The van der Waals surface area contributed by atoms with Gasteiger partial charge in [0.1, 0.15) is 23.8 Å². The van der Waals surface area contributed by atoms with Crippen LogP contribution in [0.5, 0.6) is 5.75 Å². The van der Waals surface area contributed by atoms with Crippen molar-refractivity contribution in [2.45, 2.75) is 38.8 Å². The lowest BCUT2D eigenvalue weighted by Crippen LogP contribution is -2.61. The number of ether oxygens (including phenoxy) is 1. The molecule has 1 unspecified atom stereocenters. The molecule has 170 valence electrons. The standard InChI is InChI=1S/C27H26N5O2/c1-20-26(27(30-34-20)21-7-3-2-4-8-21)18-33-25-12-6-11-23(15-25)31(22-9-5-10-22)32-14-13-28-16-24(32)17-29-19-32/h2-4,6-8,11-17,19,22H,5,9-10,18H2,1H3/q+1. The zero-order chi connectivity index (χ0) is 23.0. The van der Waals surface area contributed by atoms with Gasteiger partial charge in [-0.3, -0.25) is 4.99 Å². The summed E-state index contributed by atoms with van der Waals surface area (Å²) in [5.41, 5.74) is 4.93. The van der Waals surface area contributed by atoms with E-state index in [-0.39, 0.29) is 0 Å². The van der Waals surface area contributed by atoms with Gasteiger partial charge in [-0.05, 0) is 38.3 Å². The first-order valence-electron chi connectivity index (χ1n) is 11.6. The van der Waals surface area contributed by atoms with E-state index in [0.717, 1.165) is 52.6 Å². The molecular formula is C27H26N5O2+. The van der Waals surface area contributed by atoms with Crippen molar-refractivity contribution in [3.63, 3.8) is 0 Å². The summed E-state index contributed by atoms with van der Waals surface area (Å²) in [7, 11) is 0. The summed E-state index contributed by atoms with van der Waals surface area (Å²) in [6, 6.07) is 18.8. The summed E-state index contributed by atoms with van der Waals surface area (Å²) in [6.45, 7) is 2.30. The van der Waals surface area contributed by atoms with Gasteiger partial charge in [-0.15, -0.1) is 4.59 Å². The van der Waals surface area contributed by atoms with Crippen molar-refractivity contribution in [1.82, 2.24) is 5.16 Å². The highest BCUT2D eigenvalue weighted by molar-refractivity contribution is 5.82. The van der Waals surface area contributed by atoms with E-state index in [4.69, 9.17) is 9.26 Å². The van der Waals surface area contributed by atoms with Crippen LogP contribution >= 0.6 is 0 Å². The molecule has 3 aliphatic rings. The van der Waals surface area contributed by atoms with Gasteiger partial charge in [-0.25, -0.2) is 10.0 Å². The highest BCUT2D eigenvalue weighted by Gasteiger charge is 2.46. The predicted molar refractivity (Wildman–Crippen MR) is 132 cm³/mol. The van der Waals surface area contributed by atoms with Gasteiger partial charge >= 0.3 is 0 Å². The molecule has 6 rings (SSSR count). The molecule has 0 N–H and O–H groups in total. The molecule has 0 radical (unpaired) electrons. The molecule has 2 aliphatic heterocycles. The zero-order valence-electron chi connectivity index (χ0n) is 19.0. The van der Waals surface area contributed by atoms with Crippen molar-refractivity contribution >= 4 is 18.2 Å². The van der Waals surface area contributed by atoms with Crippen LogP contribution in [0, 0.1) is 6.92 Å². The van der Waals surface area contributed by atoms with E-state index >= 15 is 0 Å². The Morgan fingerprint density at radius 1 is 1.09 bits per heavy atom. The SMILES string of the molecule is Cc1onc(-c2ccccc2)c1COc1cccc(N(C2CCC2)[N+]23C=CN=CC2=CN=C3)c1. The Labute approximate surface area is 198 Å². The highest BCUT2D eigenvalue weighted by Crippen LogP contribution is 2.40. The molecule has 7 heteroatoms. The monoisotopic (exact) mass is 452 g/mol. The van der Waals surface area contributed by atoms with Crippen molar-refractivity contribution in [3.8, 4) is 17.0 Å². The van der Waals surface area contributed by atoms with E-state index in [2.05, 4.69) is 38.5 Å². The minimum Gasteiger partial charge on any atom is -0.489 e. The van der Waals surface area contributed by atoms with E-state index in [1.54, 1.807) is 0 Å². The minimum atomic E-state index is 0.381. The second-order valence-corrected chi connectivity index (χ2v) is 8.78. The van der Waals surface area contributed by atoms with Crippen LogP contribution in [0.25, 0.3) is 11.3 Å². The normalized spacial score (nSPS) is 20.7. The molecule has 0 amide bonds. The first kappa shape index (κ1) is 20.6. The van der Waals surface area contributed by atoms with Gasteiger partial charge < -0.3 is 9.26 Å². The molecule has 0 bridgehead atoms. The van der Waals surface area contributed by atoms with Gasteiger partial charge in [0.25, 0.3) is 0 Å². The van der Waals surface area contributed by atoms with Crippen molar-refractivity contribution in [2.24, 2.45) is 9.98 Å². The maximum absolute atomic E-state index is 6.29.